The molecule has 1 aromatic carbocycles. The van der Waals surface area contributed by atoms with Crippen molar-refractivity contribution in [2.24, 2.45) is 5.92 Å². The summed E-state index contributed by atoms with van der Waals surface area (Å²) in [4.78, 5) is 14.8. The van der Waals surface area contributed by atoms with Crippen molar-refractivity contribution in [1.82, 2.24) is 14.8 Å². The zero-order valence-corrected chi connectivity index (χ0v) is 17.3. The Morgan fingerprint density at radius 3 is 2.79 bits per heavy atom. The van der Waals surface area contributed by atoms with Crippen LogP contribution >= 0.6 is 0 Å². The third-order valence-electron chi connectivity index (χ3n) is 5.75. The van der Waals surface area contributed by atoms with Crippen LogP contribution in [0.4, 0.5) is 0 Å². The van der Waals surface area contributed by atoms with E-state index in [-0.39, 0.29) is 17.6 Å². The first-order valence-corrected chi connectivity index (χ1v) is 11.9. The summed E-state index contributed by atoms with van der Waals surface area (Å²) >= 11 is 0. The Hall–Kier alpha value is -2.19. The molecule has 8 heteroatoms. The second-order valence-corrected chi connectivity index (χ2v) is 9.80. The number of fused-ring (bicyclic) bond motifs is 1. The number of amides is 1. The molecule has 2 heterocycles. The number of hydrogen-bond donors (Lipinski definition) is 1. The number of hydrogen-bond acceptors (Lipinski definition) is 5. The van der Waals surface area contributed by atoms with E-state index < -0.39 is 10.0 Å². The predicted octanol–water partition coefficient (Wildman–Crippen LogP) is 2.53. The maximum atomic E-state index is 13.0. The number of aromatic nitrogens is 1. The Kier molecular flexibility index (Phi) is 6.01. The Morgan fingerprint density at radius 2 is 1.97 bits per heavy atom. The zero-order valence-electron chi connectivity index (χ0n) is 16.5. The van der Waals surface area contributed by atoms with Gasteiger partial charge in [0, 0.05) is 31.6 Å². The second kappa shape index (κ2) is 8.67. The molecule has 1 N–H and O–H groups in total. The molecule has 1 fully saturated rings. The molecule has 0 bridgehead atoms. The van der Waals surface area contributed by atoms with Gasteiger partial charge in [-0.05, 0) is 43.6 Å². The number of rotatable bonds is 6. The van der Waals surface area contributed by atoms with Crippen LogP contribution in [0.1, 0.15) is 53.1 Å². The molecule has 7 nitrogen and oxygen atoms in total. The van der Waals surface area contributed by atoms with E-state index in [1.807, 2.05) is 18.2 Å². The van der Waals surface area contributed by atoms with Gasteiger partial charge >= 0.3 is 0 Å². The van der Waals surface area contributed by atoms with E-state index in [2.05, 4.69) is 9.88 Å². The topological polar surface area (TPSA) is 92.5 Å². The molecule has 1 saturated heterocycles. The molecule has 2 aliphatic rings. The Bertz CT molecular complexity index is 956. The highest BCUT2D eigenvalue weighted by Gasteiger charge is 2.30. The smallest absolute Gasteiger partial charge is 0.276 e. The van der Waals surface area contributed by atoms with Gasteiger partial charge in [-0.2, -0.15) is 0 Å². The SMILES string of the molecule is O=C(c1noc2c1CCCC2)N1CCCC(CNS(=O)(=O)Cc2ccccc2)C1. The summed E-state index contributed by atoms with van der Waals surface area (Å²) in [5.74, 6) is 0.824. The fourth-order valence-corrected chi connectivity index (χ4v) is 5.43. The molecule has 0 spiro atoms. The van der Waals surface area contributed by atoms with E-state index in [0.29, 0.717) is 25.3 Å². The van der Waals surface area contributed by atoms with Crippen molar-refractivity contribution in [2.45, 2.75) is 44.3 Å². The van der Waals surface area contributed by atoms with Crippen LogP contribution in [-0.2, 0) is 28.6 Å². The van der Waals surface area contributed by atoms with Crippen LogP contribution in [-0.4, -0.2) is 44.0 Å². The third-order valence-corrected chi connectivity index (χ3v) is 7.07. The summed E-state index contributed by atoms with van der Waals surface area (Å²) in [5.41, 5.74) is 2.17. The number of likely N-dealkylation sites (tertiary alicyclic amines) is 1. The zero-order chi connectivity index (χ0) is 20.3. The summed E-state index contributed by atoms with van der Waals surface area (Å²) in [5, 5.41) is 4.05. The van der Waals surface area contributed by atoms with Crippen molar-refractivity contribution in [3.05, 3.63) is 52.9 Å². The molecule has 1 atom stereocenters. The molecule has 156 valence electrons. The Labute approximate surface area is 171 Å². The second-order valence-electron chi connectivity index (χ2n) is 7.99. The van der Waals surface area contributed by atoms with Gasteiger partial charge in [0.05, 0.1) is 5.75 Å². The van der Waals surface area contributed by atoms with Crippen molar-refractivity contribution in [1.29, 1.82) is 0 Å². The highest BCUT2D eigenvalue weighted by Crippen LogP contribution is 2.26. The highest BCUT2D eigenvalue weighted by atomic mass is 32.2. The van der Waals surface area contributed by atoms with E-state index in [0.717, 1.165) is 55.4 Å². The maximum absolute atomic E-state index is 13.0. The maximum Gasteiger partial charge on any atom is 0.276 e. The van der Waals surface area contributed by atoms with Crippen molar-refractivity contribution < 1.29 is 17.7 Å². The molecule has 4 rings (SSSR count). The molecule has 1 aliphatic carbocycles. The minimum Gasteiger partial charge on any atom is -0.360 e. The number of nitrogens with zero attached hydrogens (tertiary/aromatic N) is 2. The number of sulfonamides is 1. The summed E-state index contributed by atoms with van der Waals surface area (Å²) in [7, 11) is -3.41. The van der Waals surface area contributed by atoms with Gasteiger partial charge in [-0.25, -0.2) is 13.1 Å². The average molecular weight is 418 g/mol. The molecule has 2 aromatic rings. The Morgan fingerprint density at radius 1 is 1.17 bits per heavy atom. The fourth-order valence-electron chi connectivity index (χ4n) is 4.21. The first-order valence-electron chi connectivity index (χ1n) is 10.3. The van der Waals surface area contributed by atoms with E-state index in [1.54, 1.807) is 17.0 Å². The first-order chi connectivity index (χ1) is 14.0. The lowest BCUT2D eigenvalue weighted by atomic mass is 9.94. The van der Waals surface area contributed by atoms with Crippen molar-refractivity contribution >= 4 is 15.9 Å². The van der Waals surface area contributed by atoms with Crippen LogP contribution in [0.5, 0.6) is 0 Å². The number of aryl methyl sites for hydroxylation is 1. The molecule has 0 radical (unpaired) electrons. The van der Waals surface area contributed by atoms with E-state index >= 15 is 0 Å². The van der Waals surface area contributed by atoms with Crippen LogP contribution < -0.4 is 4.72 Å². The number of nitrogens with one attached hydrogen (secondary N) is 1. The van der Waals surface area contributed by atoms with E-state index in [9.17, 15) is 13.2 Å². The molecular formula is C21H27N3O4S. The van der Waals surface area contributed by atoms with Crippen LogP contribution in [0, 0.1) is 5.92 Å². The molecule has 1 aliphatic heterocycles. The fraction of sp³-hybridized carbons (Fsp3) is 0.524. The van der Waals surface area contributed by atoms with Gasteiger partial charge < -0.3 is 9.42 Å². The van der Waals surface area contributed by atoms with Crippen molar-refractivity contribution in [2.75, 3.05) is 19.6 Å². The van der Waals surface area contributed by atoms with Gasteiger partial charge in [0.25, 0.3) is 5.91 Å². The standard InChI is InChI=1S/C21H27N3O4S/c25-21(20-18-10-4-5-11-19(18)28-23-20)24-12-6-9-17(14-24)13-22-29(26,27)15-16-7-2-1-3-8-16/h1-3,7-8,17,22H,4-6,9-15H2. The molecular weight excluding hydrogens is 390 g/mol. The quantitative estimate of drug-likeness (QED) is 0.780. The largest absolute Gasteiger partial charge is 0.360 e. The number of carbonyl (C=O) groups excluding carboxylic acids is 1. The lowest BCUT2D eigenvalue weighted by Gasteiger charge is -2.32. The van der Waals surface area contributed by atoms with Crippen molar-refractivity contribution in [3.63, 3.8) is 0 Å². The average Bonchev–Trinajstić information content (AvgIpc) is 3.17. The number of benzene rings is 1. The highest BCUT2D eigenvalue weighted by molar-refractivity contribution is 7.88. The minimum absolute atomic E-state index is 0.0335. The normalized spacial score (nSPS) is 19.7. The van der Waals surface area contributed by atoms with Gasteiger partial charge in [0.15, 0.2) is 5.69 Å². The van der Waals surface area contributed by atoms with Crippen LogP contribution in [0.15, 0.2) is 34.9 Å². The molecule has 1 unspecified atom stereocenters. The summed E-state index contributed by atoms with van der Waals surface area (Å²) in [6, 6.07) is 9.14. The van der Waals surface area contributed by atoms with Gasteiger partial charge in [-0.3, -0.25) is 4.79 Å². The third kappa shape index (κ3) is 4.87. The monoisotopic (exact) mass is 417 g/mol. The predicted molar refractivity (Wildman–Crippen MR) is 109 cm³/mol. The lowest BCUT2D eigenvalue weighted by molar-refractivity contribution is 0.0665. The van der Waals surface area contributed by atoms with Gasteiger partial charge in [0.2, 0.25) is 10.0 Å². The molecule has 1 amide bonds. The lowest BCUT2D eigenvalue weighted by Crippen LogP contribution is -2.44. The number of carbonyl (C=O) groups is 1. The van der Waals surface area contributed by atoms with Crippen LogP contribution in [0.25, 0.3) is 0 Å². The molecule has 29 heavy (non-hydrogen) atoms. The Balaban J connectivity index is 1.35. The van der Waals surface area contributed by atoms with Gasteiger partial charge in [0.1, 0.15) is 5.76 Å². The minimum atomic E-state index is -3.41. The van der Waals surface area contributed by atoms with Crippen molar-refractivity contribution in [3.8, 4) is 0 Å². The van der Waals surface area contributed by atoms with Gasteiger partial charge in [-0.15, -0.1) is 0 Å². The van der Waals surface area contributed by atoms with E-state index in [4.69, 9.17) is 4.52 Å². The summed E-state index contributed by atoms with van der Waals surface area (Å²) in [6.07, 6.45) is 5.58. The number of piperidine rings is 1. The first kappa shape index (κ1) is 20.1. The molecule has 0 saturated carbocycles. The van der Waals surface area contributed by atoms with Crippen LogP contribution in [0.3, 0.4) is 0 Å². The summed E-state index contributed by atoms with van der Waals surface area (Å²) < 4.78 is 32.9. The van der Waals surface area contributed by atoms with E-state index in [1.165, 1.54) is 0 Å². The van der Waals surface area contributed by atoms with Gasteiger partial charge in [-0.1, -0.05) is 35.5 Å². The van der Waals surface area contributed by atoms with Crippen LogP contribution in [0.2, 0.25) is 0 Å². The summed E-state index contributed by atoms with van der Waals surface area (Å²) in [6.45, 7) is 1.55. The molecule has 1 aromatic heterocycles.